The molecule has 1 aromatic carbocycles. The van der Waals surface area contributed by atoms with Gasteiger partial charge in [0.2, 0.25) is 5.91 Å². The van der Waals surface area contributed by atoms with E-state index in [1.54, 1.807) is 18.2 Å². The Bertz CT molecular complexity index is 415. The van der Waals surface area contributed by atoms with Crippen molar-refractivity contribution in [3.05, 3.63) is 29.3 Å². The van der Waals surface area contributed by atoms with Crippen molar-refractivity contribution in [3.63, 3.8) is 0 Å². The number of amides is 1. The molecule has 0 radical (unpaired) electrons. The Balaban J connectivity index is 2.37. The van der Waals surface area contributed by atoms with Crippen LogP contribution >= 0.6 is 0 Å². The second-order valence-electron chi connectivity index (χ2n) is 3.00. The van der Waals surface area contributed by atoms with Crippen LogP contribution < -0.4 is 11.2 Å². The van der Waals surface area contributed by atoms with Crippen LogP contribution in [0, 0.1) is 0 Å². The van der Waals surface area contributed by atoms with Gasteiger partial charge in [-0.25, -0.2) is 4.79 Å². The van der Waals surface area contributed by atoms with Gasteiger partial charge in [0, 0.05) is 5.69 Å². The summed E-state index contributed by atoms with van der Waals surface area (Å²) >= 11 is 0. The minimum atomic E-state index is -0.617. The quantitative estimate of drug-likeness (QED) is 0.623. The maximum Gasteiger partial charge on any atom is 0.356 e. The number of fused-ring (bicyclic) bond motifs is 1. The highest BCUT2D eigenvalue weighted by Gasteiger charge is 2.19. The third kappa shape index (κ3) is 1.33. The second-order valence-corrected chi connectivity index (χ2v) is 3.00. The van der Waals surface area contributed by atoms with Crippen LogP contribution in [0.5, 0.6) is 0 Å². The average molecular weight is 192 g/mol. The molecule has 1 heterocycles. The van der Waals surface area contributed by atoms with Crippen molar-refractivity contribution in [1.82, 2.24) is 0 Å². The zero-order valence-electron chi connectivity index (χ0n) is 7.24. The minimum absolute atomic E-state index is 0.0711. The summed E-state index contributed by atoms with van der Waals surface area (Å²) in [6.07, 6.45) is 0.354. The van der Waals surface area contributed by atoms with E-state index in [4.69, 9.17) is 5.90 Å². The Hall–Kier alpha value is -1.88. The van der Waals surface area contributed by atoms with Gasteiger partial charge < -0.3 is 10.2 Å². The summed E-state index contributed by atoms with van der Waals surface area (Å²) in [6, 6.07) is 4.84. The zero-order valence-corrected chi connectivity index (χ0v) is 7.24. The molecule has 0 bridgehead atoms. The Morgan fingerprint density at radius 1 is 1.50 bits per heavy atom. The van der Waals surface area contributed by atoms with Crippen LogP contribution in [0.3, 0.4) is 0 Å². The topological polar surface area (TPSA) is 81.4 Å². The van der Waals surface area contributed by atoms with E-state index in [2.05, 4.69) is 10.2 Å². The SMILES string of the molecule is NOC(=O)c1ccc2c(c1)NC(=O)C2. The van der Waals surface area contributed by atoms with Crippen molar-refractivity contribution in [1.29, 1.82) is 0 Å². The number of carbonyl (C=O) groups is 2. The molecule has 0 atom stereocenters. The van der Waals surface area contributed by atoms with E-state index in [9.17, 15) is 9.59 Å². The van der Waals surface area contributed by atoms with E-state index < -0.39 is 5.97 Å². The van der Waals surface area contributed by atoms with E-state index in [0.29, 0.717) is 17.7 Å². The van der Waals surface area contributed by atoms with Gasteiger partial charge in [-0.2, -0.15) is 5.90 Å². The summed E-state index contributed by atoms with van der Waals surface area (Å²) in [5, 5.41) is 2.63. The van der Waals surface area contributed by atoms with Gasteiger partial charge in [-0.1, -0.05) is 6.07 Å². The van der Waals surface area contributed by atoms with Crippen LogP contribution in [0.1, 0.15) is 15.9 Å². The van der Waals surface area contributed by atoms with Crippen molar-refractivity contribution in [3.8, 4) is 0 Å². The van der Waals surface area contributed by atoms with Gasteiger partial charge >= 0.3 is 5.97 Å². The number of nitrogens with two attached hydrogens (primary N) is 1. The van der Waals surface area contributed by atoms with Crippen LogP contribution in [-0.2, 0) is 16.1 Å². The molecule has 0 saturated heterocycles. The van der Waals surface area contributed by atoms with E-state index in [1.807, 2.05) is 0 Å². The molecule has 0 spiro atoms. The molecule has 1 amide bonds. The molecular weight excluding hydrogens is 184 g/mol. The van der Waals surface area contributed by atoms with Crippen LogP contribution in [-0.4, -0.2) is 11.9 Å². The summed E-state index contributed by atoms with van der Waals surface area (Å²) in [7, 11) is 0. The molecule has 14 heavy (non-hydrogen) atoms. The van der Waals surface area contributed by atoms with Gasteiger partial charge in [0.25, 0.3) is 0 Å². The van der Waals surface area contributed by atoms with Gasteiger partial charge in [0.15, 0.2) is 0 Å². The monoisotopic (exact) mass is 192 g/mol. The predicted octanol–water partition coefficient (Wildman–Crippen LogP) is 0.212. The number of anilines is 1. The van der Waals surface area contributed by atoms with E-state index in [0.717, 1.165) is 5.56 Å². The first kappa shape index (κ1) is 8.71. The lowest BCUT2D eigenvalue weighted by atomic mass is 10.1. The Morgan fingerprint density at radius 2 is 2.29 bits per heavy atom. The molecule has 0 unspecified atom stereocenters. The molecule has 5 nitrogen and oxygen atoms in total. The normalized spacial score (nSPS) is 13.4. The molecule has 0 aromatic heterocycles. The first-order valence-electron chi connectivity index (χ1n) is 4.04. The van der Waals surface area contributed by atoms with Crippen molar-refractivity contribution >= 4 is 17.6 Å². The van der Waals surface area contributed by atoms with Gasteiger partial charge in [0.05, 0.1) is 12.0 Å². The number of carbonyl (C=O) groups excluding carboxylic acids is 2. The fourth-order valence-corrected chi connectivity index (χ4v) is 1.41. The Kier molecular flexibility index (Phi) is 1.94. The maximum absolute atomic E-state index is 11.0. The molecular formula is C9H8N2O3. The van der Waals surface area contributed by atoms with Crippen molar-refractivity contribution in [2.45, 2.75) is 6.42 Å². The fraction of sp³-hybridized carbons (Fsp3) is 0.111. The standard InChI is InChI=1S/C9H8N2O3/c10-14-9(13)6-2-1-5-4-8(12)11-7(5)3-6/h1-3H,4,10H2,(H,11,12). The fourth-order valence-electron chi connectivity index (χ4n) is 1.41. The summed E-state index contributed by atoms with van der Waals surface area (Å²) in [5.41, 5.74) is 1.86. The summed E-state index contributed by atoms with van der Waals surface area (Å²) in [6.45, 7) is 0. The first-order chi connectivity index (χ1) is 6.70. The lowest BCUT2D eigenvalue weighted by Gasteiger charge is -2.01. The second kappa shape index (κ2) is 3.12. The number of hydrogen-bond donors (Lipinski definition) is 2. The maximum atomic E-state index is 11.0. The van der Waals surface area contributed by atoms with Gasteiger partial charge in [-0.3, -0.25) is 4.79 Å². The van der Waals surface area contributed by atoms with Gasteiger partial charge in [0.1, 0.15) is 0 Å². The number of hydrogen-bond acceptors (Lipinski definition) is 4. The largest absolute Gasteiger partial charge is 0.370 e. The molecule has 1 aromatic rings. The molecule has 3 N–H and O–H groups in total. The molecule has 0 saturated carbocycles. The van der Waals surface area contributed by atoms with E-state index in [1.165, 1.54) is 0 Å². The molecule has 1 aliphatic rings. The number of rotatable bonds is 1. The van der Waals surface area contributed by atoms with Crippen molar-refractivity contribution in [2.75, 3.05) is 5.32 Å². The van der Waals surface area contributed by atoms with Gasteiger partial charge in [-0.05, 0) is 17.7 Å². The smallest absolute Gasteiger partial charge is 0.356 e. The Morgan fingerprint density at radius 3 is 3.00 bits per heavy atom. The zero-order chi connectivity index (χ0) is 10.1. The number of nitrogens with one attached hydrogen (secondary N) is 1. The molecule has 5 heteroatoms. The third-order valence-corrected chi connectivity index (χ3v) is 2.08. The third-order valence-electron chi connectivity index (χ3n) is 2.08. The van der Waals surface area contributed by atoms with Crippen molar-refractivity contribution < 1.29 is 14.4 Å². The van der Waals surface area contributed by atoms with Crippen molar-refractivity contribution in [2.24, 2.45) is 5.90 Å². The predicted molar refractivity (Wildman–Crippen MR) is 48.4 cm³/mol. The van der Waals surface area contributed by atoms with Crippen LogP contribution in [0.4, 0.5) is 5.69 Å². The minimum Gasteiger partial charge on any atom is -0.370 e. The lowest BCUT2D eigenvalue weighted by Crippen LogP contribution is -2.10. The molecule has 0 fully saturated rings. The summed E-state index contributed by atoms with van der Waals surface area (Å²) in [5.74, 6) is 4.05. The van der Waals surface area contributed by atoms with E-state index >= 15 is 0 Å². The molecule has 1 aliphatic heterocycles. The average Bonchev–Trinajstić information content (AvgIpc) is 2.55. The van der Waals surface area contributed by atoms with Crippen LogP contribution in [0.15, 0.2) is 18.2 Å². The molecule has 0 aliphatic carbocycles. The van der Waals surface area contributed by atoms with Crippen LogP contribution in [0.25, 0.3) is 0 Å². The van der Waals surface area contributed by atoms with E-state index in [-0.39, 0.29) is 5.91 Å². The van der Waals surface area contributed by atoms with Gasteiger partial charge in [-0.15, -0.1) is 0 Å². The molecule has 72 valence electrons. The summed E-state index contributed by atoms with van der Waals surface area (Å²) < 4.78 is 0. The molecule has 2 rings (SSSR count). The Labute approximate surface area is 79.8 Å². The number of benzene rings is 1. The first-order valence-corrected chi connectivity index (χ1v) is 4.04. The highest BCUT2D eigenvalue weighted by molar-refractivity contribution is 6.01. The summed E-state index contributed by atoms with van der Waals surface area (Å²) in [4.78, 5) is 26.1. The highest BCUT2D eigenvalue weighted by Crippen LogP contribution is 2.23. The highest BCUT2D eigenvalue weighted by atomic mass is 16.7. The lowest BCUT2D eigenvalue weighted by molar-refractivity contribution is -0.115. The van der Waals surface area contributed by atoms with Crippen LogP contribution in [0.2, 0.25) is 0 Å².